The minimum Gasteiger partial charge on any atom is -0.395 e. The average molecular weight is 302 g/mol. The predicted molar refractivity (Wildman–Crippen MR) is 79.8 cm³/mol. The Morgan fingerprint density at radius 2 is 2.17 bits per heavy atom. The van der Waals surface area contributed by atoms with Crippen LogP contribution in [0.15, 0.2) is 29.6 Å². The number of halogens is 1. The average Bonchev–Trinajstić information content (AvgIpc) is 3.02. The van der Waals surface area contributed by atoms with E-state index in [0.29, 0.717) is 0 Å². The maximum Gasteiger partial charge on any atom is 0.0931 e. The van der Waals surface area contributed by atoms with E-state index in [1.165, 1.54) is 9.75 Å². The van der Waals surface area contributed by atoms with Crippen molar-refractivity contribution >= 4 is 34.3 Å². The van der Waals surface area contributed by atoms with Gasteiger partial charge in [-0.2, -0.15) is 0 Å². The predicted octanol–water partition coefficient (Wildman–Crippen LogP) is 3.91. The first kappa shape index (κ1) is 14.0. The molecule has 2 aromatic rings. The highest BCUT2D eigenvalue weighted by Crippen LogP contribution is 2.33. The van der Waals surface area contributed by atoms with Crippen molar-refractivity contribution in [3.05, 3.63) is 43.7 Å². The molecule has 2 nitrogen and oxygen atoms in total. The zero-order valence-electron chi connectivity index (χ0n) is 10.1. The summed E-state index contributed by atoms with van der Waals surface area (Å²) in [4.78, 5) is 2.44. The normalized spacial score (nSPS) is 14.6. The topological polar surface area (TPSA) is 32.3 Å². The van der Waals surface area contributed by atoms with Crippen LogP contribution < -0.4 is 5.32 Å². The highest BCUT2D eigenvalue weighted by molar-refractivity contribution is 7.16. The summed E-state index contributed by atoms with van der Waals surface area (Å²) < 4.78 is 0.797. The molecule has 2 N–H and O–H groups in total. The minimum atomic E-state index is 0.109. The van der Waals surface area contributed by atoms with Gasteiger partial charge in [-0.1, -0.05) is 24.6 Å². The Kier molecular flexibility index (Phi) is 5.21. The van der Waals surface area contributed by atoms with Gasteiger partial charge >= 0.3 is 0 Å². The quantitative estimate of drug-likeness (QED) is 0.848. The van der Waals surface area contributed by atoms with Crippen LogP contribution in [0.2, 0.25) is 4.34 Å². The van der Waals surface area contributed by atoms with Crippen LogP contribution in [0.3, 0.4) is 0 Å². The summed E-state index contributed by atoms with van der Waals surface area (Å²) in [5, 5.41) is 14.9. The molecule has 0 aliphatic heterocycles. The fourth-order valence-corrected chi connectivity index (χ4v) is 3.80. The van der Waals surface area contributed by atoms with E-state index in [4.69, 9.17) is 11.6 Å². The van der Waals surface area contributed by atoms with Gasteiger partial charge in [0.15, 0.2) is 0 Å². The van der Waals surface area contributed by atoms with Gasteiger partial charge in [0.2, 0.25) is 0 Å². The van der Waals surface area contributed by atoms with Gasteiger partial charge in [0.05, 0.1) is 17.0 Å². The molecule has 18 heavy (non-hydrogen) atoms. The van der Waals surface area contributed by atoms with Crippen LogP contribution in [-0.2, 0) is 0 Å². The zero-order valence-corrected chi connectivity index (χ0v) is 12.5. The lowest BCUT2D eigenvalue weighted by molar-refractivity contribution is 0.233. The third kappa shape index (κ3) is 3.33. The largest absolute Gasteiger partial charge is 0.395 e. The number of nitrogens with one attached hydrogen (secondary N) is 1. The Bertz CT molecular complexity index is 465. The second kappa shape index (κ2) is 6.68. The molecule has 0 saturated carbocycles. The Morgan fingerprint density at radius 3 is 2.67 bits per heavy atom. The molecule has 0 aliphatic carbocycles. The number of thiophene rings is 2. The monoisotopic (exact) mass is 301 g/mol. The molecule has 5 heteroatoms. The molecule has 2 atom stereocenters. The SMILES string of the molecule is CCC(CO)NC(c1cccs1)c1ccc(Cl)s1. The number of hydrogen-bond acceptors (Lipinski definition) is 4. The third-order valence-electron chi connectivity index (χ3n) is 2.82. The van der Waals surface area contributed by atoms with Crippen LogP contribution >= 0.6 is 34.3 Å². The lowest BCUT2D eigenvalue weighted by atomic mass is 10.1. The molecule has 0 radical (unpaired) electrons. The number of hydrogen-bond donors (Lipinski definition) is 2. The third-order valence-corrected chi connectivity index (χ3v) is 5.05. The Hall–Kier alpha value is -0.390. The van der Waals surface area contributed by atoms with E-state index in [9.17, 15) is 5.11 Å². The molecular formula is C13H16ClNOS2. The van der Waals surface area contributed by atoms with Gasteiger partial charge in [-0.25, -0.2) is 0 Å². The van der Waals surface area contributed by atoms with Crippen molar-refractivity contribution in [2.45, 2.75) is 25.4 Å². The van der Waals surface area contributed by atoms with Crippen molar-refractivity contribution in [3.63, 3.8) is 0 Å². The van der Waals surface area contributed by atoms with Gasteiger partial charge in [0.1, 0.15) is 0 Å². The first-order chi connectivity index (χ1) is 8.74. The molecule has 2 aromatic heterocycles. The Balaban J connectivity index is 2.23. The number of aliphatic hydroxyl groups excluding tert-OH is 1. The molecule has 2 rings (SSSR count). The highest BCUT2D eigenvalue weighted by Gasteiger charge is 2.20. The molecule has 0 aliphatic rings. The summed E-state index contributed by atoms with van der Waals surface area (Å²) >= 11 is 9.32. The molecule has 2 unspecified atom stereocenters. The smallest absolute Gasteiger partial charge is 0.0931 e. The van der Waals surface area contributed by atoms with E-state index in [1.54, 1.807) is 22.7 Å². The molecule has 2 heterocycles. The van der Waals surface area contributed by atoms with E-state index in [1.807, 2.05) is 12.1 Å². The maximum atomic E-state index is 9.34. The van der Waals surface area contributed by atoms with Gasteiger partial charge in [0, 0.05) is 15.8 Å². The summed E-state index contributed by atoms with van der Waals surface area (Å²) in [6, 6.07) is 8.36. The van der Waals surface area contributed by atoms with Crippen molar-refractivity contribution in [1.29, 1.82) is 0 Å². The lowest BCUT2D eigenvalue weighted by Crippen LogP contribution is -2.35. The van der Waals surface area contributed by atoms with Gasteiger partial charge in [-0.3, -0.25) is 5.32 Å². The van der Waals surface area contributed by atoms with Crippen LogP contribution in [0.25, 0.3) is 0 Å². The first-order valence-electron chi connectivity index (χ1n) is 5.90. The summed E-state index contributed by atoms with van der Waals surface area (Å²) in [6.45, 7) is 2.22. The van der Waals surface area contributed by atoms with Crippen LogP contribution in [0, 0.1) is 0 Å². The van der Waals surface area contributed by atoms with Gasteiger partial charge in [-0.05, 0) is 30.0 Å². The molecule has 0 saturated heterocycles. The first-order valence-corrected chi connectivity index (χ1v) is 7.97. The van der Waals surface area contributed by atoms with Crippen molar-refractivity contribution < 1.29 is 5.11 Å². The van der Waals surface area contributed by atoms with Crippen LogP contribution in [0.5, 0.6) is 0 Å². The van der Waals surface area contributed by atoms with Crippen molar-refractivity contribution in [1.82, 2.24) is 5.32 Å². The standard InChI is InChI=1S/C13H16ClNOS2/c1-2-9(8-16)15-13(10-4-3-7-17-10)11-5-6-12(14)18-11/h3-7,9,13,15-16H,2,8H2,1H3. The summed E-state index contributed by atoms with van der Waals surface area (Å²) in [5.74, 6) is 0. The second-order valence-electron chi connectivity index (χ2n) is 4.04. The minimum absolute atomic E-state index is 0.109. The van der Waals surface area contributed by atoms with Gasteiger partial charge in [0.25, 0.3) is 0 Å². The van der Waals surface area contributed by atoms with Crippen LogP contribution in [-0.4, -0.2) is 17.8 Å². The van der Waals surface area contributed by atoms with Crippen molar-refractivity contribution in [2.24, 2.45) is 0 Å². The molecule has 0 fully saturated rings. The lowest BCUT2D eigenvalue weighted by Gasteiger charge is -2.22. The van der Waals surface area contributed by atoms with E-state index >= 15 is 0 Å². The summed E-state index contributed by atoms with van der Waals surface area (Å²) in [5.41, 5.74) is 0. The maximum absolute atomic E-state index is 9.34. The summed E-state index contributed by atoms with van der Waals surface area (Å²) in [7, 11) is 0. The van der Waals surface area contributed by atoms with E-state index < -0.39 is 0 Å². The highest BCUT2D eigenvalue weighted by atomic mass is 35.5. The van der Waals surface area contributed by atoms with Crippen molar-refractivity contribution in [2.75, 3.05) is 6.61 Å². The molecule has 0 amide bonds. The molecule has 98 valence electrons. The zero-order chi connectivity index (χ0) is 13.0. The fraction of sp³-hybridized carbons (Fsp3) is 0.385. The molecular weight excluding hydrogens is 286 g/mol. The molecule has 0 bridgehead atoms. The van der Waals surface area contributed by atoms with Gasteiger partial charge in [-0.15, -0.1) is 22.7 Å². The van der Waals surface area contributed by atoms with E-state index in [0.717, 1.165) is 10.8 Å². The molecule has 0 aromatic carbocycles. The van der Waals surface area contributed by atoms with Gasteiger partial charge < -0.3 is 5.11 Å². The number of rotatable bonds is 6. The van der Waals surface area contributed by atoms with E-state index in [-0.39, 0.29) is 18.7 Å². The number of aliphatic hydroxyl groups is 1. The molecule has 0 spiro atoms. The van der Waals surface area contributed by atoms with Crippen LogP contribution in [0.1, 0.15) is 29.1 Å². The van der Waals surface area contributed by atoms with Crippen molar-refractivity contribution in [3.8, 4) is 0 Å². The second-order valence-corrected chi connectivity index (χ2v) is 6.77. The Labute approximate surface area is 120 Å². The fourth-order valence-electron chi connectivity index (χ4n) is 1.78. The van der Waals surface area contributed by atoms with E-state index in [2.05, 4.69) is 29.8 Å². The van der Waals surface area contributed by atoms with Crippen LogP contribution in [0.4, 0.5) is 0 Å². The Morgan fingerprint density at radius 1 is 1.33 bits per heavy atom. The summed E-state index contributed by atoms with van der Waals surface area (Å²) in [6.07, 6.45) is 0.900.